The zero-order valence-electron chi connectivity index (χ0n) is 6.92. The minimum atomic E-state index is 0.341. The molecule has 0 heterocycles. The lowest BCUT2D eigenvalue weighted by Crippen LogP contribution is -3.00. The van der Waals surface area contributed by atoms with E-state index in [1.54, 1.807) is 13.1 Å². The number of hydroxylamine groups is 1. The summed E-state index contributed by atoms with van der Waals surface area (Å²) < 4.78 is 0. The molecule has 5 heteroatoms. The molecule has 0 aliphatic carbocycles. The van der Waals surface area contributed by atoms with Crippen molar-refractivity contribution in [2.45, 2.75) is 6.92 Å². The van der Waals surface area contributed by atoms with Crippen LogP contribution >= 0.6 is 0 Å². The Balaban J connectivity index is 4.40. The molecule has 0 saturated heterocycles. The maximum Gasteiger partial charge on any atom is 0.138 e. The lowest BCUT2D eigenvalue weighted by Gasteiger charge is -2.04. The van der Waals surface area contributed by atoms with Crippen molar-refractivity contribution in [1.29, 1.82) is 0 Å². The average Bonchev–Trinajstić information content (AvgIpc) is 1.98. The number of quaternary nitrogens is 1. The van der Waals surface area contributed by atoms with Crippen molar-refractivity contribution >= 4 is 5.71 Å². The molecule has 0 aromatic rings. The number of nitrogens with one attached hydrogen (secondary N) is 2. The predicted molar refractivity (Wildman–Crippen MR) is 40.7 cm³/mol. The summed E-state index contributed by atoms with van der Waals surface area (Å²) in [5.74, 6) is 0. The molecular formula is C6H14N3O2+. The molecule has 0 fully saturated rings. The molecule has 11 heavy (non-hydrogen) atoms. The van der Waals surface area contributed by atoms with Crippen LogP contribution in [0.4, 0.5) is 0 Å². The largest absolute Gasteiger partial charge is 0.411 e. The SMILES string of the molecule is CC(=NO)C(=C[NH+](C)C)NO. The molecule has 0 aliphatic rings. The second kappa shape index (κ2) is 4.70. The van der Waals surface area contributed by atoms with Crippen LogP contribution in [0.3, 0.4) is 0 Å². The quantitative estimate of drug-likeness (QED) is 0.238. The van der Waals surface area contributed by atoms with Crippen LogP contribution in [0.2, 0.25) is 0 Å². The smallest absolute Gasteiger partial charge is 0.138 e. The Kier molecular flexibility index (Phi) is 4.24. The van der Waals surface area contributed by atoms with E-state index in [1.807, 2.05) is 19.6 Å². The lowest BCUT2D eigenvalue weighted by atomic mass is 10.3. The van der Waals surface area contributed by atoms with E-state index in [9.17, 15) is 0 Å². The lowest BCUT2D eigenvalue weighted by molar-refractivity contribution is -0.801. The van der Waals surface area contributed by atoms with Crippen molar-refractivity contribution in [3.63, 3.8) is 0 Å². The average molecular weight is 160 g/mol. The number of oxime groups is 1. The van der Waals surface area contributed by atoms with Gasteiger partial charge in [-0.3, -0.25) is 10.7 Å². The van der Waals surface area contributed by atoms with Crippen LogP contribution in [-0.4, -0.2) is 30.2 Å². The van der Waals surface area contributed by atoms with Gasteiger partial charge in [0.25, 0.3) is 0 Å². The highest BCUT2D eigenvalue weighted by molar-refractivity contribution is 5.96. The highest BCUT2D eigenvalue weighted by atomic mass is 16.5. The first-order valence-electron chi connectivity index (χ1n) is 3.22. The first-order valence-corrected chi connectivity index (χ1v) is 3.22. The molecule has 0 saturated carbocycles. The summed E-state index contributed by atoms with van der Waals surface area (Å²) in [6.45, 7) is 1.58. The Bertz CT molecular complexity index is 175. The maximum atomic E-state index is 8.55. The number of allylic oxidation sites excluding steroid dienone is 1. The van der Waals surface area contributed by atoms with Gasteiger partial charge in [-0.25, -0.2) is 0 Å². The van der Waals surface area contributed by atoms with Crippen molar-refractivity contribution in [2.75, 3.05) is 14.1 Å². The van der Waals surface area contributed by atoms with Crippen LogP contribution in [0.15, 0.2) is 17.1 Å². The second-order valence-electron chi connectivity index (χ2n) is 2.43. The van der Waals surface area contributed by atoms with Gasteiger partial charge in [0.1, 0.15) is 17.6 Å². The van der Waals surface area contributed by atoms with Crippen LogP contribution in [0.1, 0.15) is 6.92 Å². The predicted octanol–water partition coefficient (Wildman–Crippen LogP) is -1.20. The molecule has 0 spiro atoms. The van der Waals surface area contributed by atoms with Gasteiger partial charge in [-0.05, 0) is 6.92 Å². The highest BCUT2D eigenvalue weighted by Crippen LogP contribution is 1.87. The summed E-state index contributed by atoms with van der Waals surface area (Å²) >= 11 is 0. The normalized spacial score (nSPS) is 13.9. The summed E-state index contributed by atoms with van der Waals surface area (Å²) in [6, 6.07) is 0. The van der Waals surface area contributed by atoms with Gasteiger partial charge in [0.15, 0.2) is 0 Å². The van der Waals surface area contributed by atoms with Gasteiger partial charge in [0, 0.05) is 0 Å². The number of nitrogens with zero attached hydrogens (tertiary/aromatic N) is 1. The zero-order chi connectivity index (χ0) is 8.85. The van der Waals surface area contributed by atoms with Crippen molar-refractivity contribution < 1.29 is 15.3 Å². The molecular weight excluding hydrogens is 146 g/mol. The molecule has 0 aromatic heterocycles. The molecule has 0 rings (SSSR count). The Morgan fingerprint density at radius 3 is 2.36 bits per heavy atom. The van der Waals surface area contributed by atoms with E-state index in [1.165, 1.54) is 0 Å². The molecule has 5 nitrogen and oxygen atoms in total. The molecule has 0 amide bonds. The number of hydrogen-bond donors (Lipinski definition) is 4. The van der Waals surface area contributed by atoms with Gasteiger partial charge in [-0.2, -0.15) is 0 Å². The van der Waals surface area contributed by atoms with E-state index < -0.39 is 0 Å². The molecule has 4 N–H and O–H groups in total. The third-order valence-corrected chi connectivity index (χ3v) is 1.09. The Morgan fingerprint density at radius 1 is 1.55 bits per heavy atom. The zero-order valence-corrected chi connectivity index (χ0v) is 6.92. The van der Waals surface area contributed by atoms with Crippen LogP contribution in [0.25, 0.3) is 0 Å². The van der Waals surface area contributed by atoms with Gasteiger partial charge < -0.3 is 10.1 Å². The van der Waals surface area contributed by atoms with Crippen molar-refractivity contribution in [2.24, 2.45) is 5.16 Å². The van der Waals surface area contributed by atoms with E-state index in [-0.39, 0.29) is 0 Å². The van der Waals surface area contributed by atoms with E-state index in [2.05, 4.69) is 5.16 Å². The van der Waals surface area contributed by atoms with Gasteiger partial charge in [0.05, 0.1) is 14.1 Å². The van der Waals surface area contributed by atoms with Gasteiger partial charge in [0.2, 0.25) is 0 Å². The number of hydrogen-bond acceptors (Lipinski definition) is 4. The van der Waals surface area contributed by atoms with E-state index in [0.717, 1.165) is 4.90 Å². The van der Waals surface area contributed by atoms with E-state index in [4.69, 9.17) is 10.4 Å². The summed E-state index contributed by atoms with van der Waals surface area (Å²) in [5.41, 5.74) is 2.67. The molecule has 0 atom stereocenters. The summed E-state index contributed by atoms with van der Waals surface area (Å²) in [7, 11) is 3.75. The van der Waals surface area contributed by atoms with Crippen molar-refractivity contribution in [1.82, 2.24) is 5.48 Å². The molecule has 0 radical (unpaired) electrons. The third kappa shape index (κ3) is 3.59. The van der Waals surface area contributed by atoms with Crippen LogP contribution in [0, 0.1) is 0 Å². The number of rotatable bonds is 3. The van der Waals surface area contributed by atoms with Crippen molar-refractivity contribution in [3.8, 4) is 0 Å². The van der Waals surface area contributed by atoms with E-state index in [0.29, 0.717) is 11.4 Å². The third-order valence-electron chi connectivity index (χ3n) is 1.09. The fourth-order valence-corrected chi connectivity index (χ4v) is 0.560. The maximum absolute atomic E-state index is 8.55. The highest BCUT2D eigenvalue weighted by Gasteiger charge is 2.02. The molecule has 0 aromatic carbocycles. The first kappa shape index (κ1) is 9.93. The van der Waals surface area contributed by atoms with Crippen LogP contribution in [-0.2, 0) is 0 Å². The fraction of sp³-hybridized carbons (Fsp3) is 0.500. The molecule has 0 unspecified atom stereocenters. The standard InChI is InChI=1S/C6H13N3O2/c1-5(7-10)6(8-11)4-9(2)3/h4,8,10-11H,1-3H3/p+1. The topological polar surface area (TPSA) is 69.3 Å². The molecule has 0 aliphatic heterocycles. The summed E-state index contributed by atoms with van der Waals surface area (Å²) in [4.78, 5) is 1.00. The van der Waals surface area contributed by atoms with Gasteiger partial charge in [-0.15, -0.1) is 0 Å². The van der Waals surface area contributed by atoms with Crippen molar-refractivity contribution in [3.05, 3.63) is 11.9 Å². The van der Waals surface area contributed by atoms with Crippen LogP contribution < -0.4 is 10.4 Å². The van der Waals surface area contributed by atoms with E-state index >= 15 is 0 Å². The molecule has 64 valence electrons. The minimum absolute atomic E-state index is 0.341. The fourth-order valence-electron chi connectivity index (χ4n) is 0.560. The monoisotopic (exact) mass is 160 g/mol. The Labute approximate surface area is 65.6 Å². The van der Waals surface area contributed by atoms with Gasteiger partial charge >= 0.3 is 0 Å². The summed E-state index contributed by atoms with van der Waals surface area (Å²) in [5, 5.41) is 19.8. The minimum Gasteiger partial charge on any atom is -0.411 e. The second-order valence-corrected chi connectivity index (χ2v) is 2.43. The Morgan fingerprint density at radius 2 is 2.09 bits per heavy atom. The first-order chi connectivity index (χ1) is 5.11. The molecule has 0 bridgehead atoms. The van der Waals surface area contributed by atoms with Crippen LogP contribution in [0.5, 0.6) is 0 Å². The van der Waals surface area contributed by atoms with Gasteiger partial charge in [-0.1, -0.05) is 5.16 Å². The Hall–Kier alpha value is -1.07. The summed E-state index contributed by atoms with van der Waals surface area (Å²) in [6.07, 6.45) is 1.68.